The lowest BCUT2D eigenvalue weighted by Crippen LogP contribution is -2.11. The molecule has 7 rings (SSSR count). The summed E-state index contributed by atoms with van der Waals surface area (Å²) in [6.45, 7) is 0. The minimum atomic E-state index is 0.653. The zero-order valence-corrected chi connectivity index (χ0v) is 21.2. The van der Waals surface area contributed by atoms with Crippen molar-refractivity contribution in [2.24, 2.45) is 0 Å². The minimum Gasteiger partial charge on any atom is -0.313 e. The maximum atomic E-state index is 2.57. The summed E-state index contributed by atoms with van der Waals surface area (Å²) in [5.41, 5.74) is 8.25. The Morgan fingerprint density at radius 3 is 1.36 bits per heavy atom. The Labute approximate surface area is 214 Å². The fraction of sp³-hybridized carbons (Fsp3) is 0.353. The average Bonchev–Trinajstić information content (AvgIpc) is 3.53. The van der Waals surface area contributed by atoms with E-state index in [1.165, 1.54) is 109 Å². The van der Waals surface area contributed by atoms with Crippen molar-refractivity contribution < 1.29 is 0 Å². The van der Waals surface area contributed by atoms with Gasteiger partial charge in [0, 0.05) is 33.5 Å². The van der Waals surface area contributed by atoms with Crippen LogP contribution >= 0.6 is 0 Å². The third-order valence-electron chi connectivity index (χ3n) is 8.87. The first-order chi connectivity index (χ1) is 17.9. The lowest BCUT2D eigenvalue weighted by molar-refractivity contribution is 0.433. The van der Waals surface area contributed by atoms with Crippen LogP contribution in [0.5, 0.6) is 0 Å². The van der Waals surface area contributed by atoms with Gasteiger partial charge < -0.3 is 9.13 Å². The van der Waals surface area contributed by atoms with Crippen LogP contribution in [0.3, 0.4) is 0 Å². The van der Waals surface area contributed by atoms with Crippen LogP contribution in [-0.2, 0) is 0 Å². The molecule has 0 radical (unpaired) electrons. The van der Waals surface area contributed by atoms with E-state index in [9.17, 15) is 0 Å². The molecule has 2 aromatic heterocycles. The molecule has 182 valence electrons. The highest BCUT2D eigenvalue weighted by Gasteiger charge is 2.24. The van der Waals surface area contributed by atoms with Gasteiger partial charge in [0.15, 0.2) is 0 Å². The first-order valence-corrected chi connectivity index (χ1v) is 14.2. The number of fused-ring (bicyclic) bond motifs is 2. The van der Waals surface area contributed by atoms with Crippen LogP contribution in [-0.4, -0.2) is 9.13 Å². The SMILES string of the molecule is c1cc(-n2c(C3CCCCC3)cc3ccccc32)cc(-n2c(C3CCCCC3)cc3ccccc32)c1. The maximum Gasteiger partial charge on any atom is 0.0531 e. The molecule has 2 saturated carbocycles. The lowest BCUT2D eigenvalue weighted by atomic mass is 9.86. The zero-order valence-electron chi connectivity index (χ0n) is 21.2. The topological polar surface area (TPSA) is 9.86 Å². The molecule has 0 aliphatic heterocycles. The fourth-order valence-corrected chi connectivity index (χ4v) is 7.10. The summed E-state index contributed by atoms with van der Waals surface area (Å²) in [5, 5.41) is 2.72. The van der Waals surface area contributed by atoms with Crippen molar-refractivity contribution in [1.82, 2.24) is 9.13 Å². The highest BCUT2D eigenvalue weighted by Crippen LogP contribution is 2.40. The lowest BCUT2D eigenvalue weighted by Gasteiger charge is -2.25. The monoisotopic (exact) mass is 472 g/mol. The van der Waals surface area contributed by atoms with E-state index in [2.05, 4.69) is 94.1 Å². The van der Waals surface area contributed by atoms with Gasteiger partial charge in [0.25, 0.3) is 0 Å². The molecule has 2 fully saturated rings. The Balaban J connectivity index is 1.40. The molecule has 3 aromatic carbocycles. The molecular weight excluding hydrogens is 436 g/mol. The van der Waals surface area contributed by atoms with Gasteiger partial charge in [-0.05, 0) is 80.0 Å². The first kappa shape index (κ1) is 22.0. The van der Waals surface area contributed by atoms with Gasteiger partial charge in [-0.3, -0.25) is 0 Å². The van der Waals surface area contributed by atoms with Gasteiger partial charge in [0.1, 0.15) is 0 Å². The Kier molecular flexibility index (Phi) is 5.69. The maximum absolute atomic E-state index is 2.57. The quantitative estimate of drug-likeness (QED) is 0.246. The van der Waals surface area contributed by atoms with Gasteiger partial charge in [-0.15, -0.1) is 0 Å². The van der Waals surface area contributed by atoms with E-state index in [-0.39, 0.29) is 0 Å². The summed E-state index contributed by atoms with van der Waals surface area (Å²) < 4.78 is 5.14. The Hall–Kier alpha value is -3.26. The Morgan fingerprint density at radius 1 is 0.444 bits per heavy atom. The zero-order chi connectivity index (χ0) is 23.9. The molecule has 2 aliphatic carbocycles. The van der Waals surface area contributed by atoms with Crippen LogP contribution in [0.1, 0.15) is 87.4 Å². The van der Waals surface area contributed by atoms with Gasteiger partial charge in [0.05, 0.1) is 11.0 Å². The number of hydrogen-bond donors (Lipinski definition) is 0. The highest BCUT2D eigenvalue weighted by atomic mass is 15.0. The van der Waals surface area contributed by atoms with Crippen molar-refractivity contribution in [3.05, 3.63) is 96.3 Å². The summed E-state index contributed by atoms with van der Waals surface area (Å²) >= 11 is 0. The van der Waals surface area contributed by atoms with E-state index in [1.54, 1.807) is 0 Å². The third-order valence-corrected chi connectivity index (χ3v) is 8.87. The van der Waals surface area contributed by atoms with Crippen LogP contribution in [0.15, 0.2) is 84.9 Å². The van der Waals surface area contributed by atoms with Gasteiger partial charge >= 0.3 is 0 Å². The normalized spacial score (nSPS) is 17.8. The van der Waals surface area contributed by atoms with E-state index < -0.39 is 0 Å². The average molecular weight is 473 g/mol. The summed E-state index contributed by atoms with van der Waals surface area (Å²) in [6, 6.07) is 32.2. The molecule has 2 heteroatoms. The molecular formula is C34H36N2. The highest BCUT2D eigenvalue weighted by molar-refractivity contribution is 5.85. The van der Waals surface area contributed by atoms with Crippen LogP contribution in [0, 0.1) is 0 Å². The van der Waals surface area contributed by atoms with Crippen molar-refractivity contribution in [3.8, 4) is 11.4 Å². The van der Waals surface area contributed by atoms with Gasteiger partial charge in [-0.2, -0.15) is 0 Å². The van der Waals surface area contributed by atoms with Crippen molar-refractivity contribution >= 4 is 21.8 Å². The van der Waals surface area contributed by atoms with Gasteiger partial charge in [0.2, 0.25) is 0 Å². The van der Waals surface area contributed by atoms with Crippen LogP contribution in [0.25, 0.3) is 33.2 Å². The smallest absolute Gasteiger partial charge is 0.0531 e. The second-order valence-electron chi connectivity index (χ2n) is 11.1. The fourth-order valence-electron chi connectivity index (χ4n) is 7.10. The van der Waals surface area contributed by atoms with Crippen molar-refractivity contribution in [3.63, 3.8) is 0 Å². The molecule has 0 atom stereocenters. The molecule has 0 saturated heterocycles. The summed E-state index contributed by atoms with van der Waals surface area (Å²) in [6.07, 6.45) is 13.4. The Morgan fingerprint density at radius 2 is 0.889 bits per heavy atom. The van der Waals surface area contributed by atoms with E-state index in [1.807, 2.05) is 0 Å². The summed E-state index contributed by atoms with van der Waals surface area (Å²) in [4.78, 5) is 0. The largest absolute Gasteiger partial charge is 0.313 e. The van der Waals surface area contributed by atoms with Crippen molar-refractivity contribution in [2.45, 2.75) is 76.0 Å². The second kappa shape index (κ2) is 9.32. The first-order valence-electron chi connectivity index (χ1n) is 14.2. The molecule has 2 nitrogen and oxygen atoms in total. The number of hydrogen-bond acceptors (Lipinski definition) is 0. The molecule has 5 aromatic rings. The third kappa shape index (κ3) is 3.79. The molecule has 0 unspecified atom stereocenters. The number of para-hydroxylation sites is 2. The predicted molar refractivity (Wildman–Crippen MR) is 152 cm³/mol. The van der Waals surface area contributed by atoms with Gasteiger partial charge in [-0.1, -0.05) is 81.0 Å². The molecule has 0 bridgehead atoms. The number of rotatable bonds is 4. The van der Waals surface area contributed by atoms with E-state index >= 15 is 0 Å². The molecule has 2 aliphatic rings. The summed E-state index contributed by atoms with van der Waals surface area (Å²) in [7, 11) is 0. The number of nitrogens with zero attached hydrogens (tertiary/aromatic N) is 2. The minimum absolute atomic E-state index is 0.653. The van der Waals surface area contributed by atoms with Crippen LogP contribution in [0.2, 0.25) is 0 Å². The van der Waals surface area contributed by atoms with Crippen molar-refractivity contribution in [1.29, 1.82) is 0 Å². The van der Waals surface area contributed by atoms with Gasteiger partial charge in [-0.25, -0.2) is 0 Å². The molecule has 2 heterocycles. The molecule has 0 amide bonds. The van der Waals surface area contributed by atoms with Crippen LogP contribution in [0.4, 0.5) is 0 Å². The predicted octanol–water partition coefficient (Wildman–Crippen LogP) is 9.67. The van der Waals surface area contributed by atoms with E-state index in [0.29, 0.717) is 11.8 Å². The second-order valence-corrected chi connectivity index (χ2v) is 11.1. The standard InChI is InChI=1S/C34H36N2/c1-3-12-25(13-4-1)33-22-27-16-7-9-20-31(27)35(33)29-18-11-19-30(24-29)36-32-21-10-8-17-28(32)23-34(36)26-14-5-2-6-15-26/h7-11,16-26H,1-6,12-15H2. The number of aromatic nitrogens is 2. The molecule has 36 heavy (non-hydrogen) atoms. The molecule has 0 spiro atoms. The number of benzene rings is 3. The molecule has 0 N–H and O–H groups in total. The van der Waals surface area contributed by atoms with Crippen molar-refractivity contribution in [2.75, 3.05) is 0 Å². The van der Waals surface area contributed by atoms with Crippen LogP contribution < -0.4 is 0 Å². The van der Waals surface area contributed by atoms with E-state index in [0.717, 1.165) is 0 Å². The van der Waals surface area contributed by atoms with E-state index in [4.69, 9.17) is 0 Å². The Bertz CT molecular complexity index is 1390. The summed E-state index contributed by atoms with van der Waals surface area (Å²) in [5.74, 6) is 1.31.